The fraction of sp³-hybridized carbons (Fsp3) is 0.571. The summed E-state index contributed by atoms with van der Waals surface area (Å²) in [6, 6.07) is 6.76. The highest BCUT2D eigenvalue weighted by atomic mass is 16.5. The fourth-order valence-electron chi connectivity index (χ4n) is 1.82. The smallest absolute Gasteiger partial charge is 0.122 e. The fourth-order valence-corrected chi connectivity index (χ4v) is 1.82. The molecule has 0 aliphatic rings. The van der Waals surface area contributed by atoms with Gasteiger partial charge in [-0.15, -0.1) is 0 Å². The number of hydrogen-bond donors (Lipinski definition) is 1. The predicted octanol–water partition coefficient (Wildman–Crippen LogP) is 2.93. The number of methoxy groups -OCH3 is 1. The molecule has 0 heterocycles. The first kappa shape index (κ1) is 13.0. The van der Waals surface area contributed by atoms with Crippen molar-refractivity contribution in [1.29, 1.82) is 0 Å². The molecular formula is C14H23NO. The van der Waals surface area contributed by atoms with Crippen LogP contribution in [-0.2, 0) is 12.8 Å². The lowest BCUT2D eigenvalue weighted by Crippen LogP contribution is -2.19. The van der Waals surface area contributed by atoms with Crippen molar-refractivity contribution in [2.45, 2.75) is 45.6 Å². The summed E-state index contributed by atoms with van der Waals surface area (Å²) in [7, 11) is 1.72. The van der Waals surface area contributed by atoms with Gasteiger partial charge in [0.05, 0.1) is 7.11 Å². The zero-order valence-corrected chi connectivity index (χ0v) is 10.6. The second-order valence-corrected chi connectivity index (χ2v) is 4.21. The molecule has 0 aliphatic heterocycles. The van der Waals surface area contributed by atoms with E-state index >= 15 is 0 Å². The Morgan fingerprint density at radius 1 is 1.31 bits per heavy atom. The summed E-state index contributed by atoms with van der Waals surface area (Å²) in [5.41, 5.74) is 8.57. The highest BCUT2D eigenvalue weighted by molar-refractivity contribution is 5.37. The van der Waals surface area contributed by atoms with Gasteiger partial charge in [-0.2, -0.15) is 0 Å². The Kier molecular flexibility index (Phi) is 5.33. The van der Waals surface area contributed by atoms with Gasteiger partial charge in [-0.05, 0) is 42.9 Å². The van der Waals surface area contributed by atoms with Crippen molar-refractivity contribution < 1.29 is 4.74 Å². The van der Waals surface area contributed by atoms with Gasteiger partial charge in [0.15, 0.2) is 0 Å². The van der Waals surface area contributed by atoms with E-state index in [0.717, 1.165) is 31.4 Å². The monoisotopic (exact) mass is 221 g/mol. The zero-order chi connectivity index (χ0) is 12.0. The maximum absolute atomic E-state index is 5.92. The lowest BCUT2D eigenvalue weighted by atomic mass is 10.0. The summed E-state index contributed by atoms with van der Waals surface area (Å²) in [4.78, 5) is 0. The maximum atomic E-state index is 5.92. The normalized spacial score (nSPS) is 12.5. The van der Waals surface area contributed by atoms with E-state index in [2.05, 4.69) is 32.0 Å². The van der Waals surface area contributed by atoms with Crippen LogP contribution in [0, 0.1) is 0 Å². The first-order valence-electron chi connectivity index (χ1n) is 6.12. The number of nitrogens with two attached hydrogens (primary N) is 1. The zero-order valence-electron chi connectivity index (χ0n) is 10.6. The van der Waals surface area contributed by atoms with Gasteiger partial charge in [0.1, 0.15) is 5.75 Å². The SMILES string of the molecule is CCc1cc(CCC(N)CC)ccc1OC. The van der Waals surface area contributed by atoms with Crippen molar-refractivity contribution in [3.05, 3.63) is 29.3 Å². The first-order chi connectivity index (χ1) is 7.71. The van der Waals surface area contributed by atoms with Crippen LogP contribution in [0.15, 0.2) is 18.2 Å². The van der Waals surface area contributed by atoms with Crippen molar-refractivity contribution in [3.63, 3.8) is 0 Å². The highest BCUT2D eigenvalue weighted by Gasteiger charge is 2.04. The quantitative estimate of drug-likeness (QED) is 0.801. The van der Waals surface area contributed by atoms with E-state index in [4.69, 9.17) is 10.5 Å². The average molecular weight is 221 g/mol. The largest absolute Gasteiger partial charge is 0.496 e. The molecule has 0 aromatic heterocycles. The maximum Gasteiger partial charge on any atom is 0.122 e. The summed E-state index contributed by atoms with van der Waals surface area (Å²) < 4.78 is 5.31. The first-order valence-corrected chi connectivity index (χ1v) is 6.12. The Balaban J connectivity index is 2.67. The lowest BCUT2D eigenvalue weighted by molar-refractivity contribution is 0.410. The van der Waals surface area contributed by atoms with Crippen LogP contribution >= 0.6 is 0 Å². The van der Waals surface area contributed by atoms with Crippen LogP contribution in [0.5, 0.6) is 5.75 Å². The Morgan fingerprint density at radius 2 is 2.06 bits per heavy atom. The minimum absolute atomic E-state index is 0.326. The number of ether oxygens (including phenoxy) is 1. The number of aryl methyl sites for hydroxylation is 2. The third kappa shape index (κ3) is 3.53. The Morgan fingerprint density at radius 3 is 2.62 bits per heavy atom. The Labute approximate surface area is 98.8 Å². The van der Waals surface area contributed by atoms with Crippen LogP contribution in [0.4, 0.5) is 0 Å². The third-order valence-electron chi connectivity index (χ3n) is 3.05. The predicted molar refractivity (Wildman–Crippen MR) is 69.0 cm³/mol. The van der Waals surface area contributed by atoms with E-state index in [1.807, 2.05) is 0 Å². The molecule has 2 N–H and O–H groups in total. The molecule has 0 amide bonds. The van der Waals surface area contributed by atoms with Gasteiger partial charge in [0, 0.05) is 6.04 Å². The molecule has 1 atom stereocenters. The summed E-state index contributed by atoms with van der Waals surface area (Å²) in [5, 5.41) is 0. The van der Waals surface area contributed by atoms with E-state index in [-0.39, 0.29) is 0 Å². The Bertz CT molecular complexity index is 323. The molecule has 0 aliphatic carbocycles. The van der Waals surface area contributed by atoms with Crippen LogP contribution in [-0.4, -0.2) is 13.2 Å². The summed E-state index contributed by atoms with van der Waals surface area (Å²) in [5.74, 6) is 0.992. The van der Waals surface area contributed by atoms with Gasteiger partial charge in [-0.1, -0.05) is 26.0 Å². The summed E-state index contributed by atoms with van der Waals surface area (Å²) in [6.07, 6.45) is 4.19. The van der Waals surface area contributed by atoms with Crippen LogP contribution in [0.2, 0.25) is 0 Å². The van der Waals surface area contributed by atoms with Crippen LogP contribution < -0.4 is 10.5 Å². The summed E-state index contributed by atoms with van der Waals surface area (Å²) >= 11 is 0. The molecule has 0 bridgehead atoms. The molecule has 0 radical (unpaired) electrons. The van der Waals surface area contributed by atoms with Crippen LogP contribution in [0.1, 0.15) is 37.8 Å². The van der Waals surface area contributed by atoms with E-state index < -0.39 is 0 Å². The van der Waals surface area contributed by atoms with Crippen molar-refractivity contribution in [1.82, 2.24) is 0 Å². The van der Waals surface area contributed by atoms with E-state index in [0.29, 0.717) is 6.04 Å². The van der Waals surface area contributed by atoms with Gasteiger partial charge in [0.25, 0.3) is 0 Å². The van der Waals surface area contributed by atoms with E-state index in [1.165, 1.54) is 11.1 Å². The van der Waals surface area contributed by atoms with Gasteiger partial charge < -0.3 is 10.5 Å². The average Bonchev–Trinajstić information content (AvgIpc) is 2.35. The second kappa shape index (κ2) is 6.54. The van der Waals surface area contributed by atoms with Crippen molar-refractivity contribution >= 4 is 0 Å². The van der Waals surface area contributed by atoms with Crippen LogP contribution in [0.25, 0.3) is 0 Å². The molecule has 90 valence electrons. The van der Waals surface area contributed by atoms with E-state index in [9.17, 15) is 0 Å². The van der Waals surface area contributed by atoms with Gasteiger partial charge >= 0.3 is 0 Å². The molecule has 16 heavy (non-hydrogen) atoms. The van der Waals surface area contributed by atoms with Crippen LogP contribution in [0.3, 0.4) is 0 Å². The van der Waals surface area contributed by atoms with Crippen molar-refractivity contribution in [3.8, 4) is 5.75 Å². The standard InChI is InChI=1S/C14H23NO/c1-4-12-10-11(6-8-13(15)5-2)7-9-14(12)16-3/h7,9-10,13H,4-6,8,15H2,1-3H3. The molecule has 1 rings (SSSR count). The van der Waals surface area contributed by atoms with Crippen molar-refractivity contribution in [2.75, 3.05) is 7.11 Å². The number of benzene rings is 1. The number of hydrogen-bond acceptors (Lipinski definition) is 2. The molecule has 0 saturated heterocycles. The third-order valence-corrected chi connectivity index (χ3v) is 3.05. The molecule has 2 nitrogen and oxygen atoms in total. The molecule has 1 aromatic rings. The van der Waals surface area contributed by atoms with Gasteiger partial charge in [-0.3, -0.25) is 0 Å². The topological polar surface area (TPSA) is 35.2 Å². The Hall–Kier alpha value is -1.02. The minimum atomic E-state index is 0.326. The highest BCUT2D eigenvalue weighted by Crippen LogP contribution is 2.21. The molecule has 1 aromatic carbocycles. The molecule has 0 saturated carbocycles. The van der Waals surface area contributed by atoms with Gasteiger partial charge in [0.2, 0.25) is 0 Å². The lowest BCUT2D eigenvalue weighted by Gasteiger charge is -2.11. The molecule has 1 unspecified atom stereocenters. The molecule has 0 fully saturated rings. The van der Waals surface area contributed by atoms with E-state index in [1.54, 1.807) is 7.11 Å². The second-order valence-electron chi connectivity index (χ2n) is 4.21. The molecular weight excluding hydrogens is 198 g/mol. The molecule has 2 heteroatoms. The van der Waals surface area contributed by atoms with Crippen molar-refractivity contribution in [2.24, 2.45) is 5.73 Å². The number of rotatable bonds is 6. The summed E-state index contributed by atoms with van der Waals surface area (Å²) in [6.45, 7) is 4.29. The van der Waals surface area contributed by atoms with Gasteiger partial charge in [-0.25, -0.2) is 0 Å². The molecule has 0 spiro atoms. The minimum Gasteiger partial charge on any atom is -0.496 e.